The summed E-state index contributed by atoms with van der Waals surface area (Å²) in [4.78, 5) is 20.3. The highest BCUT2D eigenvalue weighted by Gasteiger charge is 2.15. The highest BCUT2D eigenvalue weighted by atomic mass is 16.6. The average Bonchev–Trinajstić information content (AvgIpc) is 2.87. The Bertz CT molecular complexity index is 1440. The summed E-state index contributed by atoms with van der Waals surface area (Å²) in [6, 6.07) is 23.6. The zero-order valence-corrected chi connectivity index (χ0v) is 20.5. The summed E-state index contributed by atoms with van der Waals surface area (Å²) in [5.41, 5.74) is 16.5. The predicted molar refractivity (Wildman–Crippen MR) is 152 cm³/mol. The minimum atomic E-state index is -0.643. The molecule has 0 heterocycles. The fourth-order valence-corrected chi connectivity index (χ4v) is 3.37. The highest BCUT2D eigenvalue weighted by Crippen LogP contribution is 2.24. The number of phenolic OH excluding ortho intramolecular Hbond substituents is 1. The number of rotatable bonds is 6. The summed E-state index contributed by atoms with van der Waals surface area (Å²) in [5.74, 6) is 0.260. The number of nitro groups is 2. The van der Waals surface area contributed by atoms with Crippen molar-refractivity contribution in [3.63, 3.8) is 0 Å². The number of nitrogen functional groups attached to an aromatic ring is 2. The van der Waals surface area contributed by atoms with Gasteiger partial charge in [-0.05, 0) is 59.5 Å². The van der Waals surface area contributed by atoms with Crippen LogP contribution in [0.4, 0.5) is 22.7 Å². The number of aromatic hydroxyl groups is 1. The lowest BCUT2D eigenvalue weighted by atomic mass is 10.1. The number of benzene rings is 4. The van der Waals surface area contributed by atoms with Crippen LogP contribution < -0.4 is 11.5 Å². The first-order valence-electron chi connectivity index (χ1n) is 11.4. The van der Waals surface area contributed by atoms with Gasteiger partial charge in [0.05, 0.1) is 15.9 Å². The van der Waals surface area contributed by atoms with Crippen LogP contribution in [-0.4, -0.2) is 15.0 Å². The summed E-state index contributed by atoms with van der Waals surface area (Å²) in [5, 5.41) is 30.8. The quantitative estimate of drug-likeness (QED) is 0.112. The Morgan fingerprint density at radius 2 is 1.00 bits per heavy atom. The minimum absolute atomic E-state index is 0.260. The van der Waals surface area contributed by atoms with Gasteiger partial charge in [-0.2, -0.15) is 0 Å². The molecule has 4 rings (SSSR count). The number of nitrogens with two attached hydrogens (primary N) is 2. The lowest BCUT2D eigenvalue weighted by Crippen LogP contribution is -1.93. The van der Waals surface area contributed by atoms with Gasteiger partial charge in [0.25, 0.3) is 11.4 Å². The molecule has 0 spiro atoms. The van der Waals surface area contributed by atoms with Crippen LogP contribution in [0.5, 0.6) is 5.75 Å². The van der Waals surface area contributed by atoms with Crippen molar-refractivity contribution in [1.29, 1.82) is 0 Å². The summed E-state index contributed by atoms with van der Waals surface area (Å²) in [7, 11) is 0. The van der Waals surface area contributed by atoms with Crippen LogP contribution in [0.1, 0.15) is 27.8 Å². The van der Waals surface area contributed by atoms with Gasteiger partial charge in [0.15, 0.2) is 0 Å². The third-order valence-corrected chi connectivity index (χ3v) is 5.25. The Morgan fingerprint density at radius 3 is 1.45 bits per heavy atom. The number of phenols is 1. The van der Waals surface area contributed by atoms with Crippen LogP contribution in [-0.2, 0) is 0 Å². The summed E-state index contributed by atoms with van der Waals surface area (Å²) >= 11 is 0. The molecule has 0 bridgehead atoms. The second-order valence-corrected chi connectivity index (χ2v) is 8.40. The second kappa shape index (κ2) is 12.5. The monoisotopic (exact) mass is 510 g/mol. The molecule has 9 heteroatoms. The number of anilines is 2. The Kier molecular flexibility index (Phi) is 8.93. The Morgan fingerprint density at radius 1 is 0.605 bits per heavy atom. The third-order valence-electron chi connectivity index (χ3n) is 5.25. The first kappa shape index (κ1) is 27.2. The fraction of sp³-hybridized carbons (Fsp3) is 0.0345. The van der Waals surface area contributed by atoms with E-state index in [9.17, 15) is 20.2 Å². The number of non-ortho nitro benzene ring substituents is 2. The summed E-state index contributed by atoms with van der Waals surface area (Å²) < 4.78 is 0. The number of hydrogen-bond donors (Lipinski definition) is 3. The van der Waals surface area contributed by atoms with Crippen LogP contribution >= 0.6 is 0 Å². The molecule has 5 N–H and O–H groups in total. The van der Waals surface area contributed by atoms with E-state index in [0.29, 0.717) is 16.9 Å². The number of aryl methyl sites for hydroxylation is 1. The zero-order valence-electron chi connectivity index (χ0n) is 20.5. The van der Waals surface area contributed by atoms with E-state index < -0.39 is 9.85 Å². The van der Waals surface area contributed by atoms with Crippen molar-refractivity contribution in [2.75, 3.05) is 11.5 Å². The third kappa shape index (κ3) is 8.35. The van der Waals surface area contributed by atoms with Gasteiger partial charge in [-0.15, -0.1) is 0 Å². The van der Waals surface area contributed by atoms with Gasteiger partial charge in [0.2, 0.25) is 0 Å². The molecule has 9 nitrogen and oxygen atoms in total. The SMILES string of the molecule is Cc1ccc(/C=C/c2cc([N+](=O)[O-])cc([N+](=O)[O-])c2)cc1.Nc1cc(N)cc(/C=C/c2ccc(O)cc2)c1. The maximum absolute atomic E-state index is 10.8. The Hall–Kier alpha value is -5.44. The molecule has 0 amide bonds. The Balaban J connectivity index is 0.000000215. The highest BCUT2D eigenvalue weighted by molar-refractivity contribution is 5.74. The van der Waals surface area contributed by atoms with Crippen molar-refractivity contribution in [3.05, 3.63) is 133 Å². The molecule has 0 aliphatic rings. The van der Waals surface area contributed by atoms with Crippen LogP contribution in [0.2, 0.25) is 0 Å². The van der Waals surface area contributed by atoms with Gasteiger partial charge in [-0.3, -0.25) is 20.2 Å². The molecule has 0 aromatic heterocycles. The molecule has 0 atom stereocenters. The first-order chi connectivity index (χ1) is 18.1. The van der Waals surface area contributed by atoms with E-state index in [0.717, 1.165) is 28.3 Å². The van der Waals surface area contributed by atoms with Gasteiger partial charge in [0.1, 0.15) is 5.75 Å². The molecular weight excluding hydrogens is 484 g/mol. The van der Waals surface area contributed by atoms with Crippen LogP contribution in [0.25, 0.3) is 24.3 Å². The minimum Gasteiger partial charge on any atom is -0.508 e. The molecule has 4 aromatic rings. The molecular formula is C29H26N4O5. The normalized spacial score (nSPS) is 10.8. The molecule has 0 aliphatic heterocycles. The molecule has 0 fully saturated rings. The largest absolute Gasteiger partial charge is 0.508 e. The van der Waals surface area contributed by atoms with Crippen molar-refractivity contribution < 1.29 is 15.0 Å². The second-order valence-electron chi connectivity index (χ2n) is 8.40. The summed E-state index contributed by atoms with van der Waals surface area (Å²) in [6.45, 7) is 1.97. The van der Waals surface area contributed by atoms with Gasteiger partial charge in [-0.25, -0.2) is 0 Å². The van der Waals surface area contributed by atoms with Crippen molar-refractivity contribution in [2.24, 2.45) is 0 Å². The topological polar surface area (TPSA) is 159 Å². The van der Waals surface area contributed by atoms with Crippen molar-refractivity contribution in [2.45, 2.75) is 6.92 Å². The maximum atomic E-state index is 10.8. The van der Waals surface area contributed by atoms with Crippen molar-refractivity contribution in [1.82, 2.24) is 0 Å². The lowest BCUT2D eigenvalue weighted by Gasteiger charge is -2.00. The lowest BCUT2D eigenvalue weighted by molar-refractivity contribution is -0.394. The van der Waals surface area contributed by atoms with Gasteiger partial charge < -0.3 is 16.6 Å². The standard InChI is InChI=1S/C15H12N2O4.C14H14N2O/c1-11-2-4-12(5-3-11)6-7-13-8-14(16(18)19)10-15(9-13)17(20)21;15-12-7-11(8-13(16)9-12)2-1-10-3-5-14(17)6-4-10/h2-10H,1H3;1-9,17H,15-16H2/b7-6+;2-1+. The van der Waals surface area contributed by atoms with E-state index in [-0.39, 0.29) is 17.1 Å². The molecule has 4 aromatic carbocycles. The molecule has 0 saturated heterocycles. The fourth-order valence-electron chi connectivity index (χ4n) is 3.37. The maximum Gasteiger partial charge on any atom is 0.276 e. The van der Waals surface area contributed by atoms with Gasteiger partial charge in [0, 0.05) is 23.5 Å². The van der Waals surface area contributed by atoms with Crippen molar-refractivity contribution >= 4 is 47.1 Å². The predicted octanol–water partition coefficient (Wildman–Crippen LogP) is 6.71. The number of nitrogens with zero attached hydrogens (tertiary/aromatic N) is 2. The van der Waals surface area contributed by atoms with E-state index in [1.807, 2.05) is 67.6 Å². The van der Waals surface area contributed by atoms with Crippen molar-refractivity contribution in [3.8, 4) is 5.75 Å². The zero-order chi connectivity index (χ0) is 27.7. The number of nitro benzene ring substituents is 2. The van der Waals surface area contributed by atoms with E-state index in [2.05, 4.69) is 0 Å². The van der Waals surface area contributed by atoms with Crippen LogP contribution in [0.3, 0.4) is 0 Å². The van der Waals surface area contributed by atoms with Crippen LogP contribution in [0, 0.1) is 27.2 Å². The molecule has 0 aliphatic carbocycles. The van der Waals surface area contributed by atoms with Crippen LogP contribution in [0.15, 0.2) is 84.9 Å². The molecule has 0 radical (unpaired) electrons. The van der Waals surface area contributed by atoms with E-state index in [1.165, 1.54) is 12.1 Å². The van der Waals surface area contributed by atoms with E-state index >= 15 is 0 Å². The van der Waals surface area contributed by atoms with Gasteiger partial charge >= 0.3 is 0 Å². The van der Waals surface area contributed by atoms with E-state index in [4.69, 9.17) is 16.6 Å². The van der Waals surface area contributed by atoms with E-state index in [1.54, 1.807) is 30.4 Å². The molecule has 38 heavy (non-hydrogen) atoms. The summed E-state index contributed by atoms with van der Waals surface area (Å²) in [6.07, 6.45) is 7.24. The molecule has 192 valence electrons. The average molecular weight is 511 g/mol. The van der Waals surface area contributed by atoms with Gasteiger partial charge in [-0.1, -0.05) is 66.3 Å². The Labute approximate surface area is 219 Å². The number of hydrogen-bond acceptors (Lipinski definition) is 7. The first-order valence-corrected chi connectivity index (χ1v) is 11.4. The molecule has 0 saturated carbocycles. The molecule has 0 unspecified atom stereocenters. The smallest absolute Gasteiger partial charge is 0.276 e.